The van der Waals surface area contributed by atoms with Gasteiger partial charge in [0.15, 0.2) is 0 Å². The van der Waals surface area contributed by atoms with Crippen LogP contribution in [-0.2, 0) is 4.79 Å². The van der Waals surface area contributed by atoms with Gasteiger partial charge in [0, 0.05) is 19.5 Å². The van der Waals surface area contributed by atoms with E-state index in [1.54, 1.807) is 25.2 Å². The number of benzene rings is 1. The highest BCUT2D eigenvalue weighted by Crippen LogP contribution is 2.23. The summed E-state index contributed by atoms with van der Waals surface area (Å²) in [5, 5.41) is 0. The molecule has 0 saturated carbocycles. The number of hydrogen-bond acceptors (Lipinski definition) is 2. The zero-order chi connectivity index (χ0) is 14.6. The second-order valence-electron chi connectivity index (χ2n) is 6.13. The van der Waals surface area contributed by atoms with Gasteiger partial charge in [-0.3, -0.25) is 4.79 Å². The molecule has 2 N–H and O–H groups in total. The Balaban J connectivity index is 2.66. The Hall–Kier alpha value is -1.42. The lowest BCUT2D eigenvalue weighted by Gasteiger charge is -2.25. The second-order valence-corrected chi connectivity index (χ2v) is 6.13. The highest BCUT2D eigenvalue weighted by Gasteiger charge is 2.21. The average molecular weight is 266 g/mol. The maximum Gasteiger partial charge on any atom is 0.228 e. The van der Waals surface area contributed by atoms with Gasteiger partial charge in [-0.05, 0) is 24.0 Å². The molecule has 1 unspecified atom stereocenters. The monoisotopic (exact) mass is 266 g/mol. The standard InChI is InChI=1S/C15H23FN2O/c1-15(2,3)10-11(17)9-14(19)18(4)13-8-6-5-7-12(13)16/h5-8,11H,9-10,17H2,1-4H3. The third kappa shape index (κ3) is 4.99. The fraction of sp³-hybridized carbons (Fsp3) is 0.533. The molecule has 0 heterocycles. The van der Waals surface area contributed by atoms with Crippen LogP contribution >= 0.6 is 0 Å². The van der Waals surface area contributed by atoms with Crippen LogP contribution < -0.4 is 10.6 Å². The van der Waals surface area contributed by atoms with E-state index in [4.69, 9.17) is 5.73 Å². The van der Waals surface area contributed by atoms with Crippen molar-refractivity contribution in [2.24, 2.45) is 11.1 Å². The summed E-state index contributed by atoms with van der Waals surface area (Å²) in [7, 11) is 1.57. The molecule has 0 aromatic heterocycles. The van der Waals surface area contributed by atoms with E-state index in [-0.39, 0.29) is 29.5 Å². The smallest absolute Gasteiger partial charge is 0.228 e. The Labute approximate surface area is 114 Å². The van der Waals surface area contributed by atoms with Crippen LogP contribution in [0, 0.1) is 11.2 Å². The van der Waals surface area contributed by atoms with Gasteiger partial charge >= 0.3 is 0 Å². The molecule has 0 radical (unpaired) electrons. The minimum absolute atomic E-state index is 0.0796. The van der Waals surface area contributed by atoms with Crippen LogP contribution in [0.4, 0.5) is 10.1 Å². The van der Waals surface area contributed by atoms with Gasteiger partial charge < -0.3 is 10.6 Å². The lowest BCUT2D eigenvalue weighted by molar-refractivity contribution is -0.118. The van der Waals surface area contributed by atoms with Crippen LogP contribution in [0.2, 0.25) is 0 Å². The summed E-state index contributed by atoms with van der Waals surface area (Å²) in [5.41, 5.74) is 6.34. The molecular weight excluding hydrogens is 243 g/mol. The summed E-state index contributed by atoms with van der Waals surface area (Å²) in [6.45, 7) is 6.24. The molecule has 0 spiro atoms. The molecule has 0 bridgehead atoms. The van der Waals surface area contributed by atoms with Gasteiger partial charge in [-0.15, -0.1) is 0 Å². The van der Waals surface area contributed by atoms with E-state index in [1.807, 2.05) is 0 Å². The first kappa shape index (κ1) is 15.6. The summed E-state index contributed by atoms with van der Waals surface area (Å²) >= 11 is 0. The molecule has 0 fully saturated rings. The number of halogens is 1. The molecule has 1 aromatic carbocycles. The lowest BCUT2D eigenvalue weighted by atomic mass is 9.87. The predicted octanol–water partition coefficient (Wildman–Crippen LogP) is 2.94. The number of hydrogen-bond donors (Lipinski definition) is 1. The number of rotatable bonds is 4. The van der Waals surface area contributed by atoms with Crippen LogP contribution in [0.15, 0.2) is 24.3 Å². The topological polar surface area (TPSA) is 46.3 Å². The van der Waals surface area contributed by atoms with Gasteiger partial charge in [0.25, 0.3) is 0 Å². The Morgan fingerprint density at radius 3 is 2.47 bits per heavy atom. The molecular formula is C15H23FN2O. The number of carbonyl (C=O) groups excluding carboxylic acids is 1. The minimum atomic E-state index is -0.400. The van der Waals surface area contributed by atoms with E-state index >= 15 is 0 Å². The minimum Gasteiger partial charge on any atom is -0.327 e. The third-order valence-corrected chi connectivity index (χ3v) is 2.90. The number of para-hydroxylation sites is 1. The summed E-state index contributed by atoms with van der Waals surface area (Å²) < 4.78 is 13.6. The first-order valence-electron chi connectivity index (χ1n) is 6.47. The molecule has 19 heavy (non-hydrogen) atoms. The highest BCUT2D eigenvalue weighted by atomic mass is 19.1. The van der Waals surface area contributed by atoms with Crippen molar-refractivity contribution < 1.29 is 9.18 Å². The van der Waals surface area contributed by atoms with Crippen LogP contribution in [0.1, 0.15) is 33.6 Å². The number of carbonyl (C=O) groups is 1. The molecule has 0 aliphatic rings. The number of nitrogens with zero attached hydrogens (tertiary/aromatic N) is 1. The van der Waals surface area contributed by atoms with Crippen molar-refractivity contribution in [2.45, 2.75) is 39.7 Å². The number of anilines is 1. The third-order valence-electron chi connectivity index (χ3n) is 2.90. The molecule has 3 nitrogen and oxygen atoms in total. The normalized spacial score (nSPS) is 13.2. The Bertz CT molecular complexity index is 440. The van der Waals surface area contributed by atoms with Gasteiger partial charge in [0.2, 0.25) is 5.91 Å². The quantitative estimate of drug-likeness (QED) is 0.910. The largest absolute Gasteiger partial charge is 0.327 e. The lowest BCUT2D eigenvalue weighted by Crippen LogP contribution is -2.35. The van der Waals surface area contributed by atoms with E-state index < -0.39 is 5.82 Å². The Morgan fingerprint density at radius 2 is 1.95 bits per heavy atom. The predicted molar refractivity (Wildman–Crippen MR) is 76.5 cm³/mol. The Morgan fingerprint density at radius 1 is 1.37 bits per heavy atom. The van der Waals surface area contributed by atoms with Crippen molar-refractivity contribution in [1.29, 1.82) is 0 Å². The van der Waals surface area contributed by atoms with E-state index in [1.165, 1.54) is 11.0 Å². The van der Waals surface area contributed by atoms with Crippen molar-refractivity contribution in [3.8, 4) is 0 Å². The molecule has 1 rings (SSSR count). The van der Waals surface area contributed by atoms with Crippen molar-refractivity contribution in [3.63, 3.8) is 0 Å². The van der Waals surface area contributed by atoms with E-state index in [2.05, 4.69) is 20.8 Å². The second kappa shape index (κ2) is 6.15. The summed E-state index contributed by atoms with van der Waals surface area (Å²) in [6.07, 6.45) is 0.978. The molecule has 1 atom stereocenters. The fourth-order valence-electron chi connectivity index (χ4n) is 2.08. The van der Waals surface area contributed by atoms with Crippen LogP contribution in [0.3, 0.4) is 0 Å². The van der Waals surface area contributed by atoms with Crippen LogP contribution in [0.5, 0.6) is 0 Å². The summed E-state index contributed by atoms with van der Waals surface area (Å²) in [6, 6.07) is 6.03. The SMILES string of the molecule is CN(C(=O)CC(N)CC(C)(C)C)c1ccccc1F. The molecule has 106 valence electrons. The van der Waals surface area contributed by atoms with Crippen molar-refractivity contribution >= 4 is 11.6 Å². The molecule has 1 aromatic rings. The fourth-order valence-corrected chi connectivity index (χ4v) is 2.08. The molecule has 4 heteroatoms. The first-order valence-corrected chi connectivity index (χ1v) is 6.47. The van der Waals surface area contributed by atoms with Gasteiger partial charge in [-0.25, -0.2) is 4.39 Å². The average Bonchev–Trinajstić information content (AvgIpc) is 2.26. The maximum absolute atomic E-state index is 13.6. The van der Waals surface area contributed by atoms with E-state index in [0.29, 0.717) is 0 Å². The first-order chi connectivity index (χ1) is 8.70. The van der Waals surface area contributed by atoms with E-state index in [0.717, 1.165) is 6.42 Å². The van der Waals surface area contributed by atoms with Crippen molar-refractivity contribution in [1.82, 2.24) is 0 Å². The van der Waals surface area contributed by atoms with Crippen LogP contribution in [0.25, 0.3) is 0 Å². The molecule has 0 aliphatic carbocycles. The van der Waals surface area contributed by atoms with Gasteiger partial charge in [-0.1, -0.05) is 32.9 Å². The molecule has 0 saturated heterocycles. The number of nitrogens with two attached hydrogens (primary N) is 1. The summed E-state index contributed by atoms with van der Waals surface area (Å²) in [4.78, 5) is 13.4. The van der Waals surface area contributed by atoms with Gasteiger partial charge in [0.05, 0.1) is 5.69 Å². The zero-order valence-electron chi connectivity index (χ0n) is 12.1. The van der Waals surface area contributed by atoms with E-state index in [9.17, 15) is 9.18 Å². The van der Waals surface area contributed by atoms with Crippen molar-refractivity contribution in [2.75, 3.05) is 11.9 Å². The highest BCUT2D eigenvalue weighted by molar-refractivity contribution is 5.93. The molecule has 1 amide bonds. The van der Waals surface area contributed by atoms with Crippen molar-refractivity contribution in [3.05, 3.63) is 30.1 Å². The number of amides is 1. The summed E-state index contributed by atoms with van der Waals surface area (Å²) in [5.74, 6) is -0.565. The van der Waals surface area contributed by atoms with Gasteiger partial charge in [-0.2, -0.15) is 0 Å². The Kier molecular flexibility index (Phi) is 5.06. The van der Waals surface area contributed by atoms with Gasteiger partial charge in [0.1, 0.15) is 5.82 Å². The zero-order valence-corrected chi connectivity index (χ0v) is 12.1. The maximum atomic E-state index is 13.6. The molecule has 0 aliphatic heterocycles. The van der Waals surface area contributed by atoms with Crippen LogP contribution in [-0.4, -0.2) is 19.0 Å².